The van der Waals surface area contributed by atoms with Gasteiger partial charge in [-0.05, 0) is 42.7 Å². The van der Waals surface area contributed by atoms with Crippen LogP contribution in [0, 0.1) is 17.8 Å². The van der Waals surface area contributed by atoms with Crippen LogP contribution in [0.3, 0.4) is 0 Å². The smallest absolute Gasteiger partial charge is 0.307 e. The number of benzene rings is 1. The molecular weight excluding hydrogens is 260 g/mol. The summed E-state index contributed by atoms with van der Waals surface area (Å²) in [6, 6.07) is 7.57. The summed E-state index contributed by atoms with van der Waals surface area (Å²) in [5, 5.41) is 10.2. The van der Waals surface area contributed by atoms with E-state index in [4.69, 9.17) is 11.6 Å². The molecule has 1 fully saturated rings. The van der Waals surface area contributed by atoms with Crippen LogP contribution < -0.4 is 0 Å². The van der Waals surface area contributed by atoms with Crippen molar-refractivity contribution in [3.8, 4) is 0 Å². The van der Waals surface area contributed by atoms with Crippen molar-refractivity contribution in [2.75, 3.05) is 0 Å². The van der Waals surface area contributed by atoms with Crippen molar-refractivity contribution >= 4 is 17.6 Å². The topological polar surface area (TPSA) is 37.3 Å². The second-order valence-corrected chi connectivity index (χ2v) is 6.18. The number of aliphatic carboxylic acids is 1. The lowest BCUT2D eigenvalue weighted by atomic mass is 9.74. The normalized spacial score (nSPS) is 24.9. The fraction of sp³-hybridized carbons (Fsp3) is 0.562. The SMILES string of the molecule is CC1CCCC(C(Cc2ccccc2Cl)C(=O)O)C1. The lowest BCUT2D eigenvalue weighted by Gasteiger charge is -2.31. The molecule has 1 saturated carbocycles. The van der Waals surface area contributed by atoms with E-state index < -0.39 is 5.97 Å². The maximum absolute atomic E-state index is 11.6. The number of carboxylic acids is 1. The molecule has 0 spiro atoms. The van der Waals surface area contributed by atoms with E-state index in [1.165, 1.54) is 6.42 Å². The highest BCUT2D eigenvalue weighted by molar-refractivity contribution is 6.31. The third-order valence-electron chi connectivity index (χ3n) is 4.26. The van der Waals surface area contributed by atoms with Crippen molar-refractivity contribution in [3.63, 3.8) is 0 Å². The molecule has 3 atom stereocenters. The zero-order valence-electron chi connectivity index (χ0n) is 11.3. The molecule has 1 aliphatic rings. The van der Waals surface area contributed by atoms with Crippen molar-refractivity contribution in [2.24, 2.45) is 17.8 Å². The molecular formula is C16H21ClO2. The minimum atomic E-state index is -0.681. The molecule has 0 radical (unpaired) electrons. The van der Waals surface area contributed by atoms with Crippen LogP contribution in [-0.4, -0.2) is 11.1 Å². The van der Waals surface area contributed by atoms with Gasteiger partial charge in [-0.2, -0.15) is 0 Å². The monoisotopic (exact) mass is 280 g/mol. The van der Waals surface area contributed by atoms with Crippen LogP contribution >= 0.6 is 11.6 Å². The summed E-state index contributed by atoms with van der Waals surface area (Å²) < 4.78 is 0. The van der Waals surface area contributed by atoms with Crippen molar-refractivity contribution < 1.29 is 9.90 Å². The van der Waals surface area contributed by atoms with Gasteiger partial charge in [0.2, 0.25) is 0 Å². The maximum Gasteiger partial charge on any atom is 0.307 e. The standard InChI is InChI=1S/C16H21ClO2/c1-11-5-4-7-12(9-11)14(16(18)19)10-13-6-2-3-8-15(13)17/h2-3,6,8,11-12,14H,4-5,7,9-10H2,1H3,(H,18,19). The Kier molecular flexibility index (Phi) is 4.87. The number of halogens is 1. The molecule has 3 unspecified atom stereocenters. The molecule has 1 aliphatic carbocycles. The quantitative estimate of drug-likeness (QED) is 0.887. The number of rotatable bonds is 4. The van der Waals surface area contributed by atoms with E-state index in [0.29, 0.717) is 17.4 Å². The third-order valence-corrected chi connectivity index (χ3v) is 4.63. The van der Waals surface area contributed by atoms with Crippen molar-refractivity contribution in [2.45, 2.75) is 39.0 Å². The Labute approximate surface area is 119 Å². The van der Waals surface area contributed by atoms with Crippen LogP contribution in [0.1, 0.15) is 38.2 Å². The molecule has 104 valence electrons. The Hall–Kier alpha value is -1.02. The zero-order chi connectivity index (χ0) is 13.8. The highest BCUT2D eigenvalue weighted by atomic mass is 35.5. The number of carboxylic acid groups (broad SMARTS) is 1. The average molecular weight is 281 g/mol. The van der Waals surface area contributed by atoms with Gasteiger partial charge in [-0.1, -0.05) is 49.6 Å². The molecule has 1 aromatic rings. The molecule has 0 bridgehead atoms. The molecule has 19 heavy (non-hydrogen) atoms. The lowest BCUT2D eigenvalue weighted by molar-refractivity contribution is -0.144. The highest BCUT2D eigenvalue weighted by Gasteiger charge is 2.31. The van der Waals surface area contributed by atoms with Crippen molar-refractivity contribution in [1.29, 1.82) is 0 Å². The summed E-state index contributed by atoms with van der Waals surface area (Å²) >= 11 is 6.15. The average Bonchev–Trinajstić information content (AvgIpc) is 2.37. The third kappa shape index (κ3) is 3.73. The molecule has 0 saturated heterocycles. The van der Waals surface area contributed by atoms with Crippen LogP contribution in [0.4, 0.5) is 0 Å². The molecule has 0 aliphatic heterocycles. The first kappa shape index (κ1) is 14.4. The summed E-state index contributed by atoms with van der Waals surface area (Å²) in [5.41, 5.74) is 0.954. The lowest BCUT2D eigenvalue weighted by Crippen LogP contribution is -2.29. The van der Waals surface area contributed by atoms with Gasteiger partial charge in [0.05, 0.1) is 5.92 Å². The van der Waals surface area contributed by atoms with Gasteiger partial charge in [-0.15, -0.1) is 0 Å². The molecule has 0 amide bonds. The number of hydrogen-bond donors (Lipinski definition) is 1. The molecule has 0 aromatic heterocycles. The molecule has 3 heteroatoms. The van der Waals surface area contributed by atoms with Gasteiger partial charge in [0, 0.05) is 5.02 Å². The Morgan fingerprint density at radius 3 is 2.79 bits per heavy atom. The summed E-state index contributed by atoms with van der Waals surface area (Å²) in [7, 11) is 0. The van der Waals surface area contributed by atoms with E-state index in [-0.39, 0.29) is 11.8 Å². The summed E-state index contributed by atoms with van der Waals surface area (Å²) in [6.07, 6.45) is 4.99. The van der Waals surface area contributed by atoms with E-state index in [1.807, 2.05) is 24.3 Å². The molecule has 2 rings (SSSR count). The van der Waals surface area contributed by atoms with Crippen LogP contribution in [0.25, 0.3) is 0 Å². The second kappa shape index (κ2) is 6.42. The van der Waals surface area contributed by atoms with Gasteiger partial charge in [0.15, 0.2) is 0 Å². The summed E-state index contributed by atoms with van der Waals surface area (Å²) in [6.45, 7) is 2.22. The van der Waals surface area contributed by atoms with Gasteiger partial charge >= 0.3 is 5.97 Å². The largest absolute Gasteiger partial charge is 0.481 e. The minimum Gasteiger partial charge on any atom is -0.481 e. The number of carbonyl (C=O) groups is 1. The Morgan fingerprint density at radius 2 is 2.16 bits per heavy atom. The van der Waals surface area contributed by atoms with Crippen LogP contribution in [0.5, 0.6) is 0 Å². The van der Waals surface area contributed by atoms with Crippen LogP contribution in [0.15, 0.2) is 24.3 Å². The summed E-state index contributed by atoms with van der Waals surface area (Å²) in [5.74, 6) is -0.0500. The molecule has 1 N–H and O–H groups in total. The molecule has 1 aromatic carbocycles. The predicted octanol–water partition coefficient (Wildman–Crippen LogP) is 4.41. The van der Waals surface area contributed by atoms with E-state index in [0.717, 1.165) is 24.8 Å². The Balaban J connectivity index is 2.12. The fourth-order valence-corrected chi connectivity index (χ4v) is 3.42. The zero-order valence-corrected chi connectivity index (χ0v) is 12.1. The maximum atomic E-state index is 11.6. The van der Waals surface area contributed by atoms with E-state index in [1.54, 1.807) is 0 Å². The van der Waals surface area contributed by atoms with Crippen molar-refractivity contribution in [3.05, 3.63) is 34.9 Å². The van der Waals surface area contributed by atoms with Gasteiger partial charge in [0.25, 0.3) is 0 Å². The van der Waals surface area contributed by atoms with Gasteiger partial charge in [0.1, 0.15) is 0 Å². The van der Waals surface area contributed by atoms with E-state index >= 15 is 0 Å². The second-order valence-electron chi connectivity index (χ2n) is 5.77. The summed E-state index contributed by atoms with van der Waals surface area (Å²) in [4.78, 5) is 11.6. The van der Waals surface area contributed by atoms with Gasteiger partial charge < -0.3 is 5.11 Å². The van der Waals surface area contributed by atoms with Gasteiger partial charge in [-0.25, -0.2) is 0 Å². The first-order chi connectivity index (χ1) is 9.08. The molecule has 0 heterocycles. The van der Waals surface area contributed by atoms with E-state index in [9.17, 15) is 9.90 Å². The number of hydrogen-bond acceptors (Lipinski definition) is 1. The Morgan fingerprint density at radius 1 is 1.42 bits per heavy atom. The fourth-order valence-electron chi connectivity index (χ4n) is 3.20. The van der Waals surface area contributed by atoms with Crippen LogP contribution in [0.2, 0.25) is 5.02 Å². The van der Waals surface area contributed by atoms with Gasteiger partial charge in [-0.3, -0.25) is 4.79 Å². The first-order valence-corrected chi connectivity index (χ1v) is 7.42. The van der Waals surface area contributed by atoms with E-state index in [2.05, 4.69) is 6.92 Å². The molecule has 2 nitrogen and oxygen atoms in total. The first-order valence-electron chi connectivity index (χ1n) is 7.04. The van der Waals surface area contributed by atoms with Crippen LogP contribution in [-0.2, 0) is 11.2 Å². The Bertz CT molecular complexity index is 444. The predicted molar refractivity (Wildman–Crippen MR) is 77.4 cm³/mol. The highest BCUT2D eigenvalue weighted by Crippen LogP contribution is 2.36. The minimum absolute atomic E-state index is 0.289. The van der Waals surface area contributed by atoms with Crippen molar-refractivity contribution in [1.82, 2.24) is 0 Å².